The average molecular weight is 426 g/mol. The van der Waals surface area contributed by atoms with Crippen LogP contribution in [-0.2, 0) is 4.79 Å². The summed E-state index contributed by atoms with van der Waals surface area (Å²) in [6.07, 6.45) is 0. The second-order valence-electron chi connectivity index (χ2n) is 7.12. The van der Waals surface area contributed by atoms with Crippen molar-refractivity contribution in [3.8, 4) is 17.2 Å². The summed E-state index contributed by atoms with van der Waals surface area (Å²) in [5.41, 5.74) is 1.07. The number of nitrogens with zero attached hydrogens (tertiary/aromatic N) is 2. The third kappa shape index (κ3) is 3.14. The van der Waals surface area contributed by atoms with Crippen LogP contribution < -0.4 is 15.3 Å². The molecule has 0 bridgehead atoms. The number of ether oxygens (including phenoxy) is 1. The molecule has 0 radical (unpaired) electrons. The van der Waals surface area contributed by atoms with Gasteiger partial charge < -0.3 is 9.15 Å². The summed E-state index contributed by atoms with van der Waals surface area (Å²) in [4.78, 5) is 54.7. The van der Waals surface area contributed by atoms with Gasteiger partial charge in [-0.1, -0.05) is 12.1 Å². The molecule has 0 spiro atoms. The van der Waals surface area contributed by atoms with E-state index in [4.69, 9.17) is 9.15 Å². The number of esters is 1. The maximum absolute atomic E-state index is 13.0. The van der Waals surface area contributed by atoms with Crippen LogP contribution in [0, 0.1) is 0 Å². The van der Waals surface area contributed by atoms with Crippen molar-refractivity contribution in [1.82, 2.24) is 4.98 Å². The molecule has 32 heavy (non-hydrogen) atoms. The number of aromatic nitrogens is 1. The Labute approximate surface area is 180 Å². The molecule has 0 fully saturated rings. The van der Waals surface area contributed by atoms with Crippen LogP contribution in [-0.4, -0.2) is 22.8 Å². The van der Waals surface area contributed by atoms with E-state index in [-0.39, 0.29) is 17.0 Å². The van der Waals surface area contributed by atoms with E-state index in [1.165, 1.54) is 43.3 Å². The van der Waals surface area contributed by atoms with Crippen molar-refractivity contribution in [2.24, 2.45) is 0 Å². The van der Waals surface area contributed by atoms with E-state index >= 15 is 0 Å². The molecule has 2 amide bonds. The number of amides is 2. The first-order chi connectivity index (χ1) is 15.4. The second-order valence-corrected chi connectivity index (χ2v) is 7.12. The summed E-state index contributed by atoms with van der Waals surface area (Å²) in [6, 6.07) is 17.4. The fourth-order valence-electron chi connectivity index (χ4n) is 3.58. The lowest BCUT2D eigenvalue weighted by Crippen LogP contribution is -2.29. The van der Waals surface area contributed by atoms with Gasteiger partial charge in [-0.25, -0.2) is 14.7 Å². The van der Waals surface area contributed by atoms with Gasteiger partial charge in [0.15, 0.2) is 0 Å². The Hall–Kier alpha value is -4.59. The molecule has 8 nitrogen and oxygen atoms in total. The number of benzene rings is 3. The molecule has 0 aliphatic carbocycles. The molecule has 2 heterocycles. The second kappa shape index (κ2) is 7.28. The molecule has 0 saturated carbocycles. The van der Waals surface area contributed by atoms with Crippen LogP contribution in [0.4, 0.5) is 5.69 Å². The largest absolute Gasteiger partial charge is 0.427 e. The van der Waals surface area contributed by atoms with Crippen LogP contribution in [0.2, 0.25) is 0 Å². The van der Waals surface area contributed by atoms with Crippen LogP contribution in [0.3, 0.4) is 0 Å². The Balaban J connectivity index is 1.52. The van der Waals surface area contributed by atoms with Gasteiger partial charge in [0, 0.05) is 12.5 Å². The predicted molar refractivity (Wildman–Crippen MR) is 115 cm³/mol. The van der Waals surface area contributed by atoms with Crippen LogP contribution in [0.5, 0.6) is 5.75 Å². The number of imide groups is 1. The molecule has 156 valence electrons. The highest BCUT2D eigenvalue weighted by Gasteiger charge is 2.37. The van der Waals surface area contributed by atoms with Gasteiger partial charge in [0.25, 0.3) is 11.8 Å². The van der Waals surface area contributed by atoms with Gasteiger partial charge in [-0.3, -0.25) is 14.4 Å². The maximum atomic E-state index is 13.0. The Bertz CT molecular complexity index is 1490. The van der Waals surface area contributed by atoms with Crippen molar-refractivity contribution in [2.75, 3.05) is 4.90 Å². The molecule has 8 heteroatoms. The summed E-state index contributed by atoms with van der Waals surface area (Å²) in [5.74, 6) is -1.11. The number of hydrogen-bond donors (Lipinski definition) is 0. The molecular formula is C24H14N2O6. The Morgan fingerprint density at radius 1 is 0.906 bits per heavy atom. The van der Waals surface area contributed by atoms with Crippen LogP contribution >= 0.6 is 0 Å². The molecule has 0 saturated heterocycles. The van der Waals surface area contributed by atoms with Crippen molar-refractivity contribution < 1.29 is 23.5 Å². The third-order valence-electron chi connectivity index (χ3n) is 5.03. The SMILES string of the molecule is CC(=O)Oc1ccc(N2C(=O)c3ccc(-c4nc5ccccc5c(=O)o4)cc3C2=O)cc1. The van der Waals surface area contributed by atoms with Crippen molar-refractivity contribution in [3.05, 3.63) is 88.3 Å². The number of para-hydroxylation sites is 1. The normalized spacial score (nSPS) is 12.8. The van der Waals surface area contributed by atoms with Gasteiger partial charge in [-0.05, 0) is 54.6 Å². The van der Waals surface area contributed by atoms with E-state index in [0.29, 0.717) is 27.9 Å². The van der Waals surface area contributed by atoms with E-state index in [9.17, 15) is 19.2 Å². The number of hydrogen-bond acceptors (Lipinski definition) is 7. The standard InChI is InChI=1S/C24H14N2O6/c1-13(27)31-16-9-7-15(8-10-16)26-22(28)17-11-6-14(12-19(17)23(26)29)21-25-20-5-3-2-4-18(20)24(30)32-21/h2-12H,1H3. The highest BCUT2D eigenvalue weighted by molar-refractivity contribution is 6.34. The Kier molecular flexibility index (Phi) is 4.41. The zero-order valence-electron chi connectivity index (χ0n) is 16.7. The quantitative estimate of drug-likeness (QED) is 0.280. The van der Waals surface area contributed by atoms with E-state index < -0.39 is 23.4 Å². The van der Waals surface area contributed by atoms with Crippen LogP contribution in [0.1, 0.15) is 27.6 Å². The smallest absolute Gasteiger partial charge is 0.347 e. The molecule has 0 N–H and O–H groups in total. The first-order valence-corrected chi connectivity index (χ1v) is 9.64. The predicted octanol–water partition coefficient (Wildman–Crippen LogP) is 3.58. The zero-order valence-corrected chi connectivity index (χ0v) is 16.7. The Morgan fingerprint density at radius 2 is 1.62 bits per heavy atom. The molecule has 0 unspecified atom stereocenters. The fraction of sp³-hybridized carbons (Fsp3) is 0.0417. The molecular weight excluding hydrogens is 412 g/mol. The minimum Gasteiger partial charge on any atom is -0.427 e. The van der Waals surface area contributed by atoms with Crippen molar-refractivity contribution in [2.45, 2.75) is 6.92 Å². The fourth-order valence-corrected chi connectivity index (χ4v) is 3.58. The lowest BCUT2D eigenvalue weighted by Gasteiger charge is -2.14. The van der Waals surface area contributed by atoms with Gasteiger partial charge in [0.1, 0.15) is 5.75 Å². The number of carbonyl (C=O) groups is 3. The van der Waals surface area contributed by atoms with Gasteiger partial charge >= 0.3 is 11.6 Å². The topological polar surface area (TPSA) is 107 Å². The van der Waals surface area contributed by atoms with Gasteiger partial charge in [0.05, 0.1) is 27.7 Å². The van der Waals surface area contributed by atoms with E-state index in [2.05, 4.69) is 4.98 Å². The first-order valence-electron chi connectivity index (χ1n) is 9.64. The molecule has 1 aromatic heterocycles. The van der Waals surface area contributed by atoms with E-state index in [1.807, 2.05) is 0 Å². The Morgan fingerprint density at radius 3 is 2.38 bits per heavy atom. The summed E-state index contributed by atoms with van der Waals surface area (Å²) >= 11 is 0. The number of fused-ring (bicyclic) bond motifs is 2. The monoisotopic (exact) mass is 426 g/mol. The zero-order chi connectivity index (χ0) is 22.4. The van der Waals surface area contributed by atoms with E-state index in [1.54, 1.807) is 30.3 Å². The average Bonchev–Trinajstić information content (AvgIpc) is 3.03. The van der Waals surface area contributed by atoms with Crippen molar-refractivity contribution in [1.29, 1.82) is 0 Å². The summed E-state index contributed by atoms with van der Waals surface area (Å²) in [5, 5.41) is 0.354. The van der Waals surface area contributed by atoms with Crippen molar-refractivity contribution in [3.63, 3.8) is 0 Å². The maximum Gasteiger partial charge on any atom is 0.347 e. The molecule has 1 aliphatic rings. The summed E-state index contributed by atoms with van der Waals surface area (Å²) in [6.45, 7) is 1.28. The highest BCUT2D eigenvalue weighted by Crippen LogP contribution is 2.32. The number of anilines is 1. The highest BCUT2D eigenvalue weighted by atomic mass is 16.5. The lowest BCUT2D eigenvalue weighted by atomic mass is 10.1. The summed E-state index contributed by atoms with van der Waals surface area (Å²) < 4.78 is 10.3. The van der Waals surface area contributed by atoms with Crippen LogP contribution in [0.25, 0.3) is 22.4 Å². The molecule has 4 aromatic rings. The van der Waals surface area contributed by atoms with Gasteiger partial charge in [-0.2, -0.15) is 0 Å². The molecule has 5 rings (SSSR count). The van der Waals surface area contributed by atoms with Crippen LogP contribution in [0.15, 0.2) is 75.9 Å². The van der Waals surface area contributed by atoms with Gasteiger partial charge in [0.2, 0.25) is 5.89 Å². The van der Waals surface area contributed by atoms with Gasteiger partial charge in [-0.15, -0.1) is 0 Å². The summed E-state index contributed by atoms with van der Waals surface area (Å²) in [7, 11) is 0. The lowest BCUT2D eigenvalue weighted by molar-refractivity contribution is -0.131. The first kappa shape index (κ1) is 19.4. The minimum absolute atomic E-state index is 0.0564. The minimum atomic E-state index is -0.539. The van der Waals surface area contributed by atoms with Crippen molar-refractivity contribution >= 4 is 34.4 Å². The molecule has 0 atom stereocenters. The third-order valence-corrected chi connectivity index (χ3v) is 5.03. The number of carbonyl (C=O) groups excluding carboxylic acids is 3. The molecule has 1 aliphatic heterocycles. The number of rotatable bonds is 3. The van der Waals surface area contributed by atoms with E-state index in [0.717, 1.165) is 4.90 Å². The molecule has 3 aromatic carbocycles.